The largest absolute Gasteiger partial charge is 0.480 e. The Kier molecular flexibility index (Phi) is 3.96. The maximum absolute atomic E-state index is 10.8. The van der Waals surface area contributed by atoms with E-state index in [2.05, 4.69) is 4.18 Å². The van der Waals surface area contributed by atoms with Crippen LogP contribution in [0.5, 0.6) is 0 Å². The van der Waals surface area contributed by atoms with Crippen LogP contribution in [-0.4, -0.2) is 63.0 Å². The molecule has 2 fully saturated rings. The third-order valence-electron chi connectivity index (χ3n) is 2.59. The average molecular weight is 300 g/mol. The van der Waals surface area contributed by atoms with Crippen molar-refractivity contribution in [2.24, 2.45) is 5.92 Å². The van der Waals surface area contributed by atoms with E-state index in [0.29, 0.717) is 0 Å². The summed E-state index contributed by atoms with van der Waals surface area (Å²) in [6.07, 6.45) is -3.19. The second kappa shape index (κ2) is 5.20. The molecule has 0 aromatic rings. The van der Waals surface area contributed by atoms with Gasteiger partial charge in [0, 0.05) is 0 Å². The van der Waals surface area contributed by atoms with E-state index in [-0.39, 0.29) is 13.2 Å². The van der Waals surface area contributed by atoms with E-state index >= 15 is 0 Å². The van der Waals surface area contributed by atoms with Crippen molar-refractivity contribution in [1.29, 1.82) is 0 Å². The quantitative estimate of drug-likeness (QED) is 0.502. The number of carboxylic acids is 2. The minimum absolute atomic E-state index is 0.231. The summed E-state index contributed by atoms with van der Waals surface area (Å²) < 4.78 is 37.7. The Morgan fingerprint density at radius 3 is 2.32 bits per heavy atom. The first-order valence-electron chi connectivity index (χ1n) is 5.13. The molecule has 0 bridgehead atoms. The van der Waals surface area contributed by atoms with Crippen molar-refractivity contribution in [2.45, 2.75) is 18.5 Å². The van der Waals surface area contributed by atoms with Crippen molar-refractivity contribution in [3.8, 4) is 0 Å². The number of carboxylic acid groups (broad SMARTS) is 2. The van der Waals surface area contributed by atoms with Crippen molar-refractivity contribution in [2.75, 3.05) is 13.2 Å². The van der Waals surface area contributed by atoms with Gasteiger partial charge in [0.05, 0.1) is 13.2 Å². The van der Waals surface area contributed by atoms with Crippen LogP contribution in [0.25, 0.3) is 0 Å². The number of rotatable bonds is 3. The van der Waals surface area contributed by atoms with E-state index < -0.39 is 47.5 Å². The summed E-state index contributed by atoms with van der Waals surface area (Å²) in [7, 11) is 0. The zero-order valence-electron chi connectivity index (χ0n) is 9.37. The molecule has 0 aliphatic carbocycles. The van der Waals surface area contributed by atoms with Crippen molar-refractivity contribution < 1.29 is 46.7 Å². The molecule has 19 heavy (non-hydrogen) atoms. The fourth-order valence-electron chi connectivity index (χ4n) is 1.69. The number of ether oxygens (including phenoxy) is 2. The average Bonchev–Trinajstić information content (AvgIpc) is 2.27. The van der Waals surface area contributed by atoms with Crippen molar-refractivity contribution in [3.05, 3.63) is 0 Å². The lowest BCUT2D eigenvalue weighted by Crippen LogP contribution is -2.54. The van der Waals surface area contributed by atoms with Gasteiger partial charge in [-0.2, -0.15) is 0 Å². The molecular formula is C8H12O10S. The van der Waals surface area contributed by atoms with Gasteiger partial charge in [-0.25, -0.2) is 0 Å². The lowest BCUT2D eigenvalue weighted by Gasteiger charge is -2.43. The summed E-state index contributed by atoms with van der Waals surface area (Å²) in [6.45, 7) is -0.496. The van der Waals surface area contributed by atoms with Crippen LogP contribution < -0.4 is 0 Å². The van der Waals surface area contributed by atoms with Crippen LogP contribution in [0.1, 0.15) is 0 Å². The van der Waals surface area contributed by atoms with Crippen molar-refractivity contribution in [3.63, 3.8) is 0 Å². The molecule has 0 spiro atoms. The highest BCUT2D eigenvalue weighted by molar-refractivity contribution is 8.16. The Bertz CT molecular complexity index is 370. The fraction of sp³-hybridized carbons (Fsp3) is 0.750. The SMILES string of the molecule is O=C(O)C(C(=O)O)C1OC[C@@H]2OS(O)(O)OC[C@H]2O1. The van der Waals surface area contributed by atoms with E-state index in [9.17, 15) is 9.59 Å². The Morgan fingerprint density at radius 1 is 1.11 bits per heavy atom. The minimum Gasteiger partial charge on any atom is -0.480 e. The fourth-order valence-corrected chi connectivity index (χ4v) is 2.56. The second-order valence-electron chi connectivity index (χ2n) is 3.90. The number of fused-ring (bicyclic) bond motifs is 1. The molecule has 2 saturated heterocycles. The molecule has 4 N–H and O–H groups in total. The monoisotopic (exact) mass is 300 g/mol. The third-order valence-corrected chi connectivity index (χ3v) is 3.53. The predicted octanol–water partition coefficient (Wildman–Crippen LogP) is -0.491. The molecule has 110 valence electrons. The van der Waals surface area contributed by atoms with Crippen LogP contribution in [0.2, 0.25) is 0 Å². The zero-order chi connectivity index (χ0) is 14.2. The number of aliphatic carboxylic acids is 2. The first kappa shape index (κ1) is 14.5. The second-order valence-corrected chi connectivity index (χ2v) is 5.22. The maximum atomic E-state index is 10.8. The summed E-state index contributed by atoms with van der Waals surface area (Å²) in [6, 6.07) is 0. The standard InChI is InChI=1S/C8H12O10S/c9-6(10)5(7(11)12)8-15-1-4-3(17-8)2-16-19(13,14)18-4/h3-5,8,13-14H,1-2H2,(H,9,10)(H,11,12)/t3-,4+,8?/m1/s1. The highest BCUT2D eigenvalue weighted by Crippen LogP contribution is 2.47. The van der Waals surface area contributed by atoms with Gasteiger partial charge < -0.3 is 19.7 Å². The highest BCUT2D eigenvalue weighted by atomic mass is 32.3. The van der Waals surface area contributed by atoms with Crippen LogP contribution in [0.3, 0.4) is 0 Å². The molecule has 0 aromatic carbocycles. The highest BCUT2D eigenvalue weighted by Gasteiger charge is 2.47. The van der Waals surface area contributed by atoms with Gasteiger partial charge in [-0.15, -0.1) is 0 Å². The van der Waals surface area contributed by atoms with Crippen LogP contribution >= 0.6 is 11.2 Å². The molecule has 2 rings (SSSR count). The van der Waals surface area contributed by atoms with Crippen LogP contribution in [0.15, 0.2) is 0 Å². The van der Waals surface area contributed by atoms with Gasteiger partial charge in [0.15, 0.2) is 6.29 Å². The topological polar surface area (TPSA) is 152 Å². The van der Waals surface area contributed by atoms with Crippen LogP contribution in [0.4, 0.5) is 0 Å². The first-order chi connectivity index (χ1) is 8.80. The van der Waals surface area contributed by atoms with Crippen LogP contribution in [0, 0.1) is 5.92 Å². The Hall–Kier alpha value is -0.950. The molecule has 10 nitrogen and oxygen atoms in total. The number of hydrogen-bond donors (Lipinski definition) is 4. The van der Waals surface area contributed by atoms with Gasteiger partial charge in [-0.1, -0.05) is 0 Å². The molecule has 2 aliphatic rings. The summed E-state index contributed by atoms with van der Waals surface area (Å²) in [5.74, 6) is -5.08. The summed E-state index contributed by atoms with van der Waals surface area (Å²) in [5.41, 5.74) is 0. The van der Waals surface area contributed by atoms with Gasteiger partial charge in [0.25, 0.3) is 0 Å². The summed E-state index contributed by atoms with van der Waals surface area (Å²) in [4.78, 5) is 21.6. The van der Waals surface area contributed by atoms with E-state index in [1.807, 2.05) is 0 Å². The van der Waals surface area contributed by atoms with E-state index in [0.717, 1.165) is 0 Å². The smallest absolute Gasteiger partial charge is 0.323 e. The van der Waals surface area contributed by atoms with Gasteiger partial charge in [0.1, 0.15) is 12.2 Å². The normalized spacial score (nSPS) is 35.4. The number of hydrogen-bond acceptors (Lipinski definition) is 8. The molecule has 3 atom stereocenters. The molecule has 0 radical (unpaired) electrons. The van der Waals surface area contributed by atoms with E-state index in [1.54, 1.807) is 0 Å². The number of carbonyl (C=O) groups is 2. The van der Waals surface area contributed by atoms with Crippen molar-refractivity contribution in [1.82, 2.24) is 0 Å². The Morgan fingerprint density at radius 2 is 1.74 bits per heavy atom. The van der Waals surface area contributed by atoms with Gasteiger partial charge in [-0.3, -0.25) is 27.1 Å². The molecule has 2 aliphatic heterocycles. The maximum Gasteiger partial charge on any atom is 0.323 e. The predicted molar refractivity (Wildman–Crippen MR) is 57.0 cm³/mol. The summed E-state index contributed by atoms with van der Waals surface area (Å²) in [5, 5.41) is 17.6. The molecule has 0 amide bonds. The minimum atomic E-state index is -3.62. The lowest BCUT2D eigenvalue weighted by atomic mass is 10.1. The molecular weight excluding hydrogens is 288 g/mol. The molecule has 2 heterocycles. The molecule has 0 aromatic heterocycles. The Labute approximate surface area is 108 Å². The van der Waals surface area contributed by atoms with Crippen molar-refractivity contribution >= 4 is 23.1 Å². The van der Waals surface area contributed by atoms with E-state index in [1.165, 1.54) is 0 Å². The molecule has 0 saturated carbocycles. The van der Waals surface area contributed by atoms with E-state index in [4.69, 9.17) is 33.0 Å². The molecule has 11 heteroatoms. The Balaban J connectivity index is 2.03. The van der Waals surface area contributed by atoms with Gasteiger partial charge in [0.2, 0.25) is 17.1 Å². The first-order valence-corrected chi connectivity index (χ1v) is 6.53. The van der Waals surface area contributed by atoms with Gasteiger partial charge in [-0.05, 0) is 0 Å². The molecule has 1 unspecified atom stereocenters. The zero-order valence-corrected chi connectivity index (χ0v) is 10.2. The third kappa shape index (κ3) is 3.14. The lowest BCUT2D eigenvalue weighted by molar-refractivity contribution is -0.278. The van der Waals surface area contributed by atoms with Gasteiger partial charge >= 0.3 is 11.9 Å². The van der Waals surface area contributed by atoms with Crippen LogP contribution in [-0.2, 0) is 27.4 Å². The summed E-state index contributed by atoms with van der Waals surface area (Å²) >= 11 is -3.62.